The van der Waals surface area contributed by atoms with Crippen LogP contribution in [-0.4, -0.2) is 26.9 Å². The molecule has 0 amide bonds. The first kappa shape index (κ1) is 12.5. The molecule has 0 aliphatic heterocycles. The van der Waals surface area contributed by atoms with E-state index in [2.05, 4.69) is 0 Å². The fourth-order valence-electron chi connectivity index (χ4n) is 1.82. The highest BCUT2D eigenvalue weighted by Gasteiger charge is 2.13. The molecule has 18 heavy (non-hydrogen) atoms. The zero-order chi connectivity index (χ0) is 13.3. The van der Waals surface area contributed by atoms with Gasteiger partial charge in [0.1, 0.15) is 0 Å². The Balaban J connectivity index is 2.76. The molecule has 0 spiro atoms. The molecule has 0 bridgehead atoms. The van der Waals surface area contributed by atoms with Crippen molar-refractivity contribution in [2.45, 2.75) is 0 Å². The number of carboxylic acids is 1. The normalized spacial score (nSPS) is 12.3. The van der Waals surface area contributed by atoms with Crippen LogP contribution in [0.5, 0.6) is 0 Å². The van der Waals surface area contributed by atoms with Gasteiger partial charge in [-0.2, -0.15) is 0 Å². The van der Waals surface area contributed by atoms with Crippen LogP contribution in [0, 0.1) is 0 Å². The van der Waals surface area contributed by atoms with E-state index in [0.717, 1.165) is 4.31 Å². The van der Waals surface area contributed by atoms with Crippen LogP contribution in [0.25, 0.3) is 10.8 Å². The maximum Gasteiger partial charge on any atom is 0.336 e. The molecule has 0 aromatic heterocycles. The van der Waals surface area contributed by atoms with E-state index in [-0.39, 0.29) is 5.56 Å². The standard InChI is InChI=1S/C12H11NO4S/c1-13(18(16)17)11-7-6-10(12(14)15)8-4-2-3-5-9(8)11/h2-7H,1H3,(H,14,15)(H,16,17)/p-1. The molecule has 1 atom stereocenters. The number of carboxylic acid groups (broad SMARTS) is 1. The lowest BCUT2D eigenvalue weighted by Crippen LogP contribution is -2.19. The van der Waals surface area contributed by atoms with Gasteiger partial charge in [0.2, 0.25) is 0 Å². The van der Waals surface area contributed by atoms with Crippen LogP contribution in [0.1, 0.15) is 10.4 Å². The van der Waals surface area contributed by atoms with Crippen LogP contribution < -0.4 is 4.31 Å². The van der Waals surface area contributed by atoms with Gasteiger partial charge in [-0.25, -0.2) is 4.79 Å². The van der Waals surface area contributed by atoms with Gasteiger partial charge in [-0.1, -0.05) is 24.3 Å². The molecular formula is C12H10NO4S-. The highest BCUT2D eigenvalue weighted by Crippen LogP contribution is 2.29. The summed E-state index contributed by atoms with van der Waals surface area (Å²) in [7, 11) is 1.41. The lowest BCUT2D eigenvalue weighted by molar-refractivity contribution is 0.0699. The predicted molar refractivity (Wildman–Crippen MR) is 68.2 cm³/mol. The summed E-state index contributed by atoms with van der Waals surface area (Å²) < 4.78 is 23.0. The van der Waals surface area contributed by atoms with Crippen LogP contribution in [0.4, 0.5) is 5.69 Å². The first-order chi connectivity index (χ1) is 8.52. The third-order valence-electron chi connectivity index (χ3n) is 2.69. The molecule has 2 aromatic rings. The third-order valence-corrected chi connectivity index (χ3v) is 3.34. The smallest absolute Gasteiger partial charge is 0.336 e. The van der Waals surface area contributed by atoms with Crippen molar-refractivity contribution in [3.05, 3.63) is 42.0 Å². The Morgan fingerprint density at radius 1 is 1.22 bits per heavy atom. The summed E-state index contributed by atoms with van der Waals surface area (Å²) in [6.45, 7) is 0. The summed E-state index contributed by atoms with van der Waals surface area (Å²) in [6, 6.07) is 9.70. The van der Waals surface area contributed by atoms with Gasteiger partial charge < -0.3 is 14.0 Å². The summed E-state index contributed by atoms with van der Waals surface area (Å²) in [5, 5.41) is 10.2. The summed E-state index contributed by atoms with van der Waals surface area (Å²) in [6.07, 6.45) is 0. The van der Waals surface area contributed by atoms with Gasteiger partial charge in [0.15, 0.2) is 0 Å². The third kappa shape index (κ3) is 2.07. The number of aromatic carboxylic acids is 1. The lowest BCUT2D eigenvalue weighted by atomic mass is 10.0. The average molecular weight is 264 g/mol. The number of carbonyl (C=O) groups is 1. The minimum Gasteiger partial charge on any atom is -0.755 e. The van der Waals surface area contributed by atoms with E-state index in [1.54, 1.807) is 24.3 Å². The Bertz CT molecular complexity index is 641. The summed E-state index contributed by atoms with van der Waals surface area (Å²) >= 11 is -2.40. The number of nitrogens with zero attached hydrogens (tertiary/aromatic N) is 1. The first-order valence-electron chi connectivity index (χ1n) is 5.10. The Morgan fingerprint density at radius 2 is 1.83 bits per heavy atom. The zero-order valence-electron chi connectivity index (χ0n) is 9.49. The van der Waals surface area contributed by atoms with Gasteiger partial charge in [-0.15, -0.1) is 0 Å². The van der Waals surface area contributed by atoms with Gasteiger partial charge in [-0.3, -0.25) is 4.21 Å². The van der Waals surface area contributed by atoms with Crippen molar-refractivity contribution in [1.29, 1.82) is 0 Å². The van der Waals surface area contributed by atoms with Crippen LogP contribution in [-0.2, 0) is 11.3 Å². The topological polar surface area (TPSA) is 80.7 Å². The molecule has 0 aliphatic carbocycles. The molecule has 0 radical (unpaired) electrons. The summed E-state index contributed by atoms with van der Waals surface area (Å²) in [5.41, 5.74) is 0.600. The predicted octanol–water partition coefficient (Wildman–Crippen LogP) is 1.77. The van der Waals surface area contributed by atoms with Crippen molar-refractivity contribution in [3.8, 4) is 0 Å². The number of benzene rings is 2. The molecular weight excluding hydrogens is 254 g/mol. The molecule has 0 aliphatic rings. The summed E-state index contributed by atoms with van der Waals surface area (Å²) in [4.78, 5) is 11.1. The molecule has 0 saturated heterocycles. The van der Waals surface area contributed by atoms with Crippen LogP contribution in [0.2, 0.25) is 0 Å². The fourth-order valence-corrected chi connectivity index (χ4v) is 2.14. The average Bonchev–Trinajstić information content (AvgIpc) is 2.36. The molecule has 2 rings (SSSR count). The van der Waals surface area contributed by atoms with Gasteiger partial charge in [-0.05, 0) is 17.5 Å². The van der Waals surface area contributed by atoms with Crippen molar-refractivity contribution in [3.63, 3.8) is 0 Å². The maximum absolute atomic E-state index is 11.1. The Hall–Kier alpha value is -1.92. The monoisotopic (exact) mass is 264 g/mol. The fraction of sp³-hybridized carbons (Fsp3) is 0.0833. The SMILES string of the molecule is CN(c1ccc(C(=O)O)c2ccccc12)S(=O)[O-]. The molecule has 1 unspecified atom stereocenters. The van der Waals surface area contributed by atoms with E-state index in [0.29, 0.717) is 16.5 Å². The molecule has 6 heteroatoms. The zero-order valence-corrected chi connectivity index (χ0v) is 10.3. The van der Waals surface area contributed by atoms with E-state index < -0.39 is 17.2 Å². The second-order valence-corrected chi connectivity index (χ2v) is 4.68. The molecule has 2 aromatic carbocycles. The van der Waals surface area contributed by atoms with Crippen molar-refractivity contribution in [1.82, 2.24) is 0 Å². The molecule has 1 N–H and O–H groups in total. The molecule has 0 fully saturated rings. The van der Waals surface area contributed by atoms with E-state index in [1.165, 1.54) is 19.2 Å². The Kier molecular flexibility index (Phi) is 3.31. The van der Waals surface area contributed by atoms with Gasteiger partial charge in [0.05, 0.1) is 11.3 Å². The van der Waals surface area contributed by atoms with Crippen LogP contribution >= 0.6 is 0 Å². The van der Waals surface area contributed by atoms with Crippen molar-refractivity contribution in [2.24, 2.45) is 0 Å². The highest BCUT2D eigenvalue weighted by molar-refractivity contribution is 7.80. The van der Waals surface area contributed by atoms with Crippen molar-refractivity contribution >= 4 is 33.7 Å². The van der Waals surface area contributed by atoms with Gasteiger partial charge >= 0.3 is 5.97 Å². The maximum atomic E-state index is 11.1. The van der Waals surface area contributed by atoms with E-state index in [4.69, 9.17) is 5.11 Å². The Labute approximate surface area is 106 Å². The lowest BCUT2D eigenvalue weighted by Gasteiger charge is -2.23. The minimum absolute atomic E-state index is 0.152. The number of hydrogen-bond acceptors (Lipinski definition) is 3. The summed E-state index contributed by atoms with van der Waals surface area (Å²) in [5.74, 6) is -1.04. The number of rotatable bonds is 3. The van der Waals surface area contributed by atoms with Crippen LogP contribution in [0.3, 0.4) is 0 Å². The largest absolute Gasteiger partial charge is 0.755 e. The second kappa shape index (κ2) is 4.75. The molecule has 0 heterocycles. The van der Waals surface area contributed by atoms with Crippen molar-refractivity contribution < 1.29 is 18.7 Å². The molecule has 0 saturated carbocycles. The number of hydrogen-bond donors (Lipinski definition) is 1. The Morgan fingerprint density at radius 3 is 2.39 bits per heavy atom. The number of fused-ring (bicyclic) bond motifs is 1. The van der Waals surface area contributed by atoms with E-state index in [1.807, 2.05) is 0 Å². The van der Waals surface area contributed by atoms with Crippen LogP contribution in [0.15, 0.2) is 36.4 Å². The van der Waals surface area contributed by atoms with E-state index in [9.17, 15) is 13.6 Å². The molecule has 94 valence electrons. The second-order valence-electron chi connectivity index (χ2n) is 3.70. The minimum atomic E-state index is -2.40. The highest BCUT2D eigenvalue weighted by atomic mass is 32.2. The van der Waals surface area contributed by atoms with E-state index >= 15 is 0 Å². The quantitative estimate of drug-likeness (QED) is 0.857. The number of anilines is 1. The van der Waals surface area contributed by atoms with Crippen molar-refractivity contribution in [2.75, 3.05) is 11.4 Å². The van der Waals surface area contributed by atoms with Gasteiger partial charge in [0, 0.05) is 23.7 Å². The molecule has 5 nitrogen and oxygen atoms in total. The van der Waals surface area contributed by atoms with Gasteiger partial charge in [0.25, 0.3) is 0 Å². The first-order valence-corrected chi connectivity index (χ1v) is 6.13.